The molecule has 0 amide bonds. The molecule has 1 aliphatic carbocycles. The summed E-state index contributed by atoms with van der Waals surface area (Å²) >= 11 is 0. The van der Waals surface area contributed by atoms with E-state index in [2.05, 4.69) is 19.9 Å². The van der Waals surface area contributed by atoms with Crippen molar-refractivity contribution in [1.29, 1.82) is 0 Å². The molecule has 0 fully saturated rings. The summed E-state index contributed by atoms with van der Waals surface area (Å²) in [5.74, 6) is -0.557. The zero-order chi connectivity index (χ0) is 17.9. The molecular formula is C20H28O4. The first-order valence-corrected chi connectivity index (χ1v) is 8.69. The van der Waals surface area contributed by atoms with E-state index in [-0.39, 0.29) is 11.7 Å². The lowest BCUT2D eigenvalue weighted by atomic mass is 9.81. The molecule has 2 N–H and O–H groups in total. The van der Waals surface area contributed by atoms with Crippen LogP contribution in [0.25, 0.3) is 0 Å². The van der Waals surface area contributed by atoms with Crippen LogP contribution >= 0.6 is 0 Å². The number of aliphatic hydroxyl groups excluding tert-OH is 1. The first-order chi connectivity index (χ1) is 11.3. The predicted octanol–water partition coefficient (Wildman–Crippen LogP) is 5.05. The van der Waals surface area contributed by atoms with Crippen LogP contribution < -0.4 is 0 Å². The van der Waals surface area contributed by atoms with Crippen LogP contribution in [0.5, 0.6) is 0 Å². The topological polar surface area (TPSA) is 66.8 Å². The molecule has 4 heteroatoms. The summed E-state index contributed by atoms with van der Waals surface area (Å²) in [7, 11) is 0. The zero-order valence-electron chi connectivity index (χ0n) is 15.1. The molecule has 1 aliphatic heterocycles. The zero-order valence-corrected chi connectivity index (χ0v) is 15.1. The Balaban J connectivity index is 2.38. The molecule has 2 rings (SSSR count). The predicted molar refractivity (Wildman–Crippen MR) is 94.6 cm³/mol. The molecule has 0 radical (unpaired) electrons. The Morgan fingerprint density at radius 2 is 2.17 bits per heavy atom. The molecule has 0 saturated heterocycles. The monoisotopic (exact) mass is 332 g/mol. The van der Waals surface area contributed by atoms with Gasteiger partial charge >= 0.3 is 5.97 Å². The Labute approximate surface area is 144 Å². The second-order valence-electron chi connectivity index (χ2n) is 7.17. The Bertz CT molecular complexity index is 632. The van der Waals surface area contributed by atoms with Gasteiger partial charge in [0.15, 0.2) is 0 Å². The van der Waals surface area contributed by atoms with Crippen LogP contribution in [0.1, 0.15) is 59.8 Å². The SMILES string of the molecule is CCCC1CC(O)=C2C=CC(C)(CCC=C(C)C)OC2=C1C(=O)O. The van der Waals surface area contributed by atoms with Gasteiger partial charge in [0.1, 0.15) is 17.1 Å². The van der Waals surface area contributed by atoms with Crippen LogP contribution in [0.2, 0.25) is 0 Å². The lowest BCUT2D eigenvalue weighted by Crippen LogP contribution is -2.33. The second-order valence-corrected chi connectivity index (χ2v) is 7.17. The Morgan fingerprint density at radius 3 is 2.75 bits per heavy atom. The average Bonchev–Trinajstić information content (AvgIpc) is 2.46. The first-order valence-electron chi connectivity index (χ1n) is 8.69. The number of hydrogen-bond donors (Lipinski definition) is 2. The largest absolute Gasteiger partial charge is 0.512 e. The third kappa shape index (κ3) is 3.92. The summed E-state index contributed by atoms with van der Waals surface area (Å²) in [4.78, 5) is 11.8. The van der Waals surface area contributed by atoms with Crippen LogP contribution in [0.4, 0.5) is 0 Å². The van der Waals surface area contributed by atoms with Crippen molar-refractivity contribution in [3.8, 4) is 0 Å². The maximum absolute atomic E-state index is 11.8. The molecule has 2 atom stereocenters. The normalized spacial score (nSPS) is 26.1. The van der Waals surface area contributed by atoms with E-state index in [4.69, 9.17) is 4.74 Å². The number of hydrogen-bond acceptors (Lipinski definition) is 3. The number of rotatable bonds is 6. The average molecular weight is 332 g/mol. The Morgan fingerprint density at radius 1 is 1.46 bits per heavy atom. The van der Waals surface area contributed by atoms with E-state index in [1.54, 1.807) is 0 Å². The summed E-state index contributed by atoms with van der Waals surface area (Å²) in [6.45, 7) is 8.10. The lowest BCUT2D eigenvalue weighted by molar-refractivity contribution is -0.133. The van der Waals surface area contributed by atoms with Crippen molar-refractivity contribution in [3.05, 3.63) is 46.5 Å². The fourth-order valence-corrected chi connectivity index (χ4v) is 3.36. The number of fused-ring (bicyclic) bond motifs is 1. The van der Waals surface area contributed by atoms with Crippen LogP contribution in [-0.4, -0.2) is 21.8 Å². The molecule has 0 bridgehead atoms. The lowest BCUT2D eigenvalue weighted by Gasteiger charge is -2.37. The quantitative estimate of drug-likeness (QED) is 0.668. The van der Waals surface area contributed by atoms with Crippen molar-refractivity contribution in [3.63, 3.8) is 0 Å². The summed E-state index contributed by atoms with van der Waals surface area (Å²) in [5.41, 5.74) is 1.53. The molecule has 0 spiro atoms. The van der Waals surface area contributed by atoms with Crippen molar-refractivity contribution >= 4 is 5.97 Å². The maximum Gasteiger partial charge on any atom is 0.335 e. The minimum atomic E-state index is -0.949. The summed E-state index contributed by atoms with van der Waals surface area (Å²) in [6, 6.07) is 0. The van der Waals surface area contributed by atoms with Crippen LogP contribution in [0.3, 0.4) is 0 Å². The van der Waals surface area contributed by atoms with Gasteiger partial charge in [0.05, 0.1) is 11.1 Å². The smallest absolute Gasteiger partial charge is 0.335 e. The van der Waals surface area contributed by atoms with Gasteiger partial charge in [-0.2, -0.15) is 0 Å². The molecule has 0 aromatic carbocycles. The van der Waals surface area contributed by atoms with Gasteiger partial charge in [-0.1, -0.05) is 25.0 Å². The molecular weight excluding hydrogens is 304 g/mol. The molecule has 24 heavy (non-hydrogen) atoms. The number of aliphatic hydroxyl groups is 1. The molecule has 0 saturated carbocycles. The van der Waals surface area contributed by atoms with Gasteiger partial charge in [0.2, 0.25) is 0 Å². The van der Waals surface area contributed by atoms with Gasteiger partial charge in [-0.3, -0.25) is 0 Å². The standard InChI is InChI=1S/C20H28O4/c1-5-7-14-12-16(21)15-9-11-20(4,10-6-8-13(2)3)24-18(15)17(14)19(22)23/h8-9,11,14,21H,5-7,10,12H2,1-4H3,(H,22,23). The minimum absolute atomic E-state index is 0.195. The molecule has 2 unspecified atom stereocenters. The highest BCUT2D eigenvalue weighted by atomic mass is 16.5. The van der Waals surface area contributed by atoms with E-state index in [1.165, 1.54) is 5.57 Å². The second kappa shape index (κ2) is 7.29. The molecule has 132 valence electrons. The van der Waals surface area contributed by atoms with E-state index in [9.17, 15) is 15.0 Å². The molecule has 4 nitrogen and oxygen atoms in total. The fraction of sp³-hybridized carbons (Fsp3) is 0.550. The third-order valence-electron chi connectivity index (χ3n) is 4.65. The number of carboxylic acids is 1. The van der Waals surface area contributed by atoms with Gasteiger partial charge in [0, 0.05) is 12.3 Å². The molecule has 2 aliphatic rings. The van der Waals surface area contributed by atoms with Crippen molar-refractivity contribution in [2.45, 2.75) is 65.4 Å². The maximum atomic E-state index is 11.8. The van der Waals surface area contributed by atoms with E-state index in [0.717, 1.165) is 25.7 Å². The summed E-state index contributed by atoms with van der Waals surface area (Å²) in [5, 5.41) is 20.0. The number of ether oxygens (including phenoxy) is 1. The molecule has 1 heterocycles. The van der Waals surface area contributed by atoms with E-state index >= 15 is 0 Å². The van der Waals surface area contributed by atoms with E-state index < -0.39 is 11.6 Å². The Kier molecular flexibility index (Phi) is 5.58. The minimum Gasteiger partial charge on any atom is -0.512 e. The fourth-order valence-electron chi connectivity index (χ4n) is 3.36. The van der Waals surface area contributed by atoms with Gasteiger partial charge in [0.25, 0.3) is 0 Å². The van der Waals surface area contributed by atoms with Crippen molar-refractivity contribution in [2.24, 2.45) is 5.92 Å². The van der Waals surface area contributed by atoms with Crippen LogP contribution in [0, 0.1) is 5.92 Å². The third-order valence-corrected chi connectivity index (χ3v) is 4.65. The van der Waals surface area contributed by atoms with Gasteiger partial charge in [-0.25, -0.2) is 4.79 Å². The van der Waals surface area contributed by atoms with Crippen molar-refractivity contribution in [2.75, 3.05) is 0 Å². The van der Waals surface area contributed by atoms with E-state index in [0.29, 0.717) is 23.3 Å². The van der Waals surface area contributed by atoms with Crippen LogP contribution in [-0.2, 0) is 9.53 Å². The Hall–Kier alpha value is -1.97. The number of aliphatic carboxylic acids is 1. The van der Waals surface area contributed by atoms with Crippen LogP contribution in [0.15, 0.2) is 46.5 Å². The number of carboxylic acid groups (broad SMARTS) is 1. The van der Waals surface area contributed by atoms with Gasteiger partial charge in [-0.15, -0.1) is 0 Å². The van der Waals surface area contributed by atoms with Crippen molar-refractivity contribution < 1.29 is 19.7 Å². The van der Waals surface area contributed by atoms with E-state index in [1.807, 2.05) is 26.0 Å². The highest BCUT2D eigenvalue weighted by Crippen LogP contribution is 2.43. The van der Waals surface area contributed by atoms with Crippen molar-refractivity contribution in [1.82, 2.24) is 0 Å². The highest BCUT2D eigenvalue weighted by molar-refractivity contribution is 5.89. The first kappa shape index (κ1) is 18.4. The molecule has 0 aromatic heterocycles. The summed E-state index contributed by atoms with van der Waals surface area (Å²) in [6.07, 6.45) is 9.49. The molecule has 0 aromatic rings. The van der Waals surface area contributed by atoms with Gasteiger partial charge < -0.3 is 14.9 Å². The number of allylic oxidation sites excluding steroid dienone is 4. The number of carbonyl (C=O) groups is 1. The highest BCUT2D eigenvalue weighted by Gasteiger charge is 2.38. The summed E-state index contributed by atoms with van der Waals surface area (Å²) < 4.78 is 6.15. The van der Waals surface area contributed by atoms with Gasteiger partial charge in [-0.05, 0) is 52.2 Å².